The van der Waals surface area contributed by atoms with E-state index in [2.05, 4.69) is 5.32 Å². The molecular formula is C28H28ClF3N4O3. The van der Waals surface area contributed by atoms with Crippen molar-refractivity contribution in [3.63, 3.8) is 0 Å². The van der Waals surface area contributed by atoms with Crippen molar-refractivity contribution in [2.45, 2.75) is 52.4 Å². The quantitative estimate of drug-likeness (QED) is 0.473. The first-order valence-electron chi connectivity index (χ1n) is 12.5. The van der Waals surface area contributed by atoms with Gasteiger partial charge in [0.1, 0.15) is 5.82 Å². The Kier molecular flexibility index (Phi) is 7.88. The fourth-order valence-electron chi connectivity index (χ4n) is 4.70. The molecule has 0 radical (unpaired) electrons. The molecule has 0 saturated heterocycles. The maximum Gasteiger partial charge on any atom is 0.417 e. The molecule has 0 unspecified atom stereocenters. The van der Waals surface area contributed by atoms with Crippen molar-refractivity contribution in [3.05, 3.63) is 91.6 Å². The highest BCUT2D eigenvalue weighted by Crippen LogP contribution is 2.35. The predicted octanol–water partition coefficient (Wildman–Crippen LogP) is 5.05. The van der Waals surface area contributed by atoms with Crippen LogP contribution in [0, 0.1) is 5.92 Å². The van der Waals surface area contributed by atoms with Crippen LogP contribution in [0.15, 0.2) is 47.3 Å². The molecular weight excluding hydrogens is 533 g/mol. The molecule has 39 heavy (non-hydrogen) atoms. The number of halogens is 4. The van der Waals surface area contributed by atoms with Crippen LogP contribution < -0.4 is 10.9 Å². The van der Waals surface area contributed by atoms with Gasteiger partial charge in [0.05, 0.1) is 28.5 Å². The van der Waals surface area contributed by atoms with E-state index in [0.29, 0.717) is 34.8 Å². The molecule has 0 bridgehead atoms. The second-order valence-corrected chi connectivity index (χ2v) is 10.4. The summed E-state index contributed by atoms with van der Waals surface area (Å²) in [4.78, 5) is 45.3. The Labute approximate surface area is 228 Å². The number of carbonyl (C=O) groups excluding carboxylic acids is 2. The van der Waals surface area contributed by atoms with Gasteiger partial charge in [-0.2, -0.15) is 13.2 Å². The van der Waals surface area contributed by atoms with E-state index < -0.39 is 28.7 Å². The van der Waals surface area contributed by atoms with E-state index in [1.54, 1.807) is 31.2 Å². The monoisotopic (exact) mass is 560 g/mol. The Morgan fingerprint density at radius 3 is 2.36 bits per heavy atom. The van der Waals surface area contributed by atoms with Gasteiger partial charge in [0.2, 0.25) is 0 Å². The third kappa shape index (κ3) is 5.71. The molecule has 4 rings (SSSR count). The molecule has 1 aliphatic rings. The number of hydrogen-bond acceptors (Lipinski definition) is 4. The van der Waals surface area contributed by atoms with Gasteiger partial charge in [-0.1, -0.05) is 25.4 Å². The summed E-state index contributed by atoms with van der Waals surface area (Å²) in [7, 11) is 1.53. The van der Waals surface area contributed by atoms with Crippen LogP contribution in [0.3, 0.4) is 0 Å². The van der Waals surface area contributed by atoms with Gasteiger partial charge in [-0.05, 0) is 61.7 Å². The van der Waals surface area contributed by atoms with E-state index in [1.165, 1.54) is 22.6 Å². The standard InChI is InChI=1S/C28H28ClF3N4O3/c1-15(2)11-24-34-23-14-35(26(38)18-7-10-22(29)21(13-18)28(30,31)32)16(3)12-20(23)27(39)36(24)19-8-5-17(6-9-19)25(37)33-4/h5-10,13,15-16H,11-12,14H2,1-4H3,(H,33,37)/t16-/m1/s1. The maximum atomic E-state index is 13.8. The molecule has 2 heterocycles. The number of nitrogens with one attached hydrogen (secondary N) is 1. The molecule has 0 saturated carbocycles. The zero-order chi connectivity index (χ0) is 28.6. The fourth-order valence-corrected chi connectivity index (χ4v) is 4.92. The van der Waals surface area contributed by atoms with E-state index in [1.807, 2.05) is 13.8 Å². The van der Waals surface area contributed by atoms with E-state index in [4.69, 9.17) is 16.6 Å². The maximum absolute atomic E-state index is 13.8. The zero-order valence-electron chi connectivity index (χ0n) is 21.9. The van der Waals surface area contributed by atoms with Crippen LogP contribution in [0.5, 0.6) is 0 Å². The number of benzene rings is 2. The minimum atomic E-state index is -4.70. The molecule has 0 aliphatic carbocycles. The molecule has 11 heteroatoms. The molecule has 0 spiro atoms. The molecule has 7 nitrogen and oxygen atoms in total. The first kappa shape index (κ1) is 28.4. The number of nitrogens with zero attached hydrogens (tertiary/aromatic N) is 3. The first-order chi connectivity index (χ1) is 18.3. The number of amides is 2. The smallest absolute Gasteiger partial charge is 0.355 e. The summed E-state index contributed by atoms with van der Waals surface area (Å²) in [5.74, 6) is -0.200. The molecule has 206 valence electrons. The average Bonchev–Trinajstić information content (AvgIpc) is 2.87. The van der Waals surface area contributed by atoms with Crippen LogP contribution in [0.1, 0.15) is 64.1 Å². The van der Waals surface area contributed by atoms with Crippen LogP contribution >= 0.6 is 11.6 Å². The third-order valence-electron chi connectivity index (χ3n) is 6.67. The van der Waals surface area contributed by atoms with E-state index in [0.717, 1.165) is 12.1 Å². The lowest BCUT2D eigenvalue weighted by Crippen LogP contribution is -2.46. The average molecular weight is 561 g/mol. The van der Waals surface area contributed by atoms with Gasteiger partial charge in [0.25, 0.3) is 17.4 Å². The normalized spacial score (nSPS) is 15.3. The topological polar surface area (TPSA) is 84.3 Å². The third-order valence-corrected chi connectivity index (χ3v) is 7.00. The summed E-state index contributed by atoms with van der Waals surface area (Å²) in [6, 6.07) is 9.24. The highest BCUT2D eigenvalue weighted by Gasteiger charge is 2.36. The zero-order valence-corrected chi connectivity index (χ0v) is 22.7. The summed E-state index contributed by atoms with van der Waals surface area (Å²) in [6.07, 6.45) is -4.05. The summed E-state index contributed by atoms with van der Waals surface area (Å²) in [5.41, 5.74) is 0.381. The Balaban J connectivity index is 1.75. The molecule has 1 aromatic heterocycles. The van der Waals surface area contributed by atoms with Crippen molar-refractivity contribution in [2.24, 2.45) is 5.92 Å². The van der Waals surface area contributed by atoms with Gasteiger partial charge < -0.3 is 10.2 Å². The number of fused-ring (bicyclic) bond motifs is 1. The SMILES string of the molecule is CNC(=O)c1ccc(-n2c(CC(C)C)nc3c(c2=O)C[C@@H](C)N(C(=O)c2ccc(Cl)c(C(F)(F)F)c2)C3)cc1. The molecule has 1 N–H and O–H groups in total. The Morgan fingerprint density at radius 2 is 1.77 bits per heavy atom. The van der Waals surface area contributed by atoms with E-state index in [9.17, 15) is 27.6 Å². The predicted molar refractivity (Wildman–Crippen MR) is 141 cm³/mol. The van der Waals surface area contributed by atoms with Crippen molar-refractivity contribution < 1.29 is 22.8 Å². The van der Waals surface area contributed by atoms with E-state index >= 15 is 0 Å². The van der Waals surface area contributed by atoms with Crippen molar-refractivity contribution in [1.82, 2.24) is 19.8 Å². The molecule has 1 aliphatic heterocycles. The van der Waals surface area contributed by atoms with Crippen molar-refractivity contribution in [1.29, 1.82) is 0 Å². The molecule has 1 atom stereocenters. The highest BCUT2D eigenvalue weighted by atomic mass is 35.5. The lowest BCUT2D eigenvalue weighted by atomic mass is 9.97. The number of alkyl halides is 3. The van der Waals surface area contributed by atoms with Gasteiger partial charge >= 0.3 is 6.18 Å². The largest absolute Gasteiger partial charge is 0.417 e. The van der Waals surface area contributed by atoms with Crippen molar-refractivity contribution >= 4 is 23.4 Å². The summed E-state index contributed by atoms with van der Waals surface area (Å²) >= 11 is 5.73. The van der Waals surface area contributed by atoms with E-state index in [-0.39, 0.29) is 35.9 Å². The number of hydrogen-bond donors (Lipinski definition) is 1. The highest BCUT2D eigenvalue weighted by molar-refractivity contribution is 6.31. The second-order valence-electron chi connectivity index (χ2n) is 10.00. The van der Waals surface area contributed by atoms with Crippen molar-refractivity contribution in [3.8, 4) is 5.69 Å². The number of rotatable bonds is 5. The van der Waals surface area contributed by atoms with Crippen molar-refractivity contribution in [2.75, 3.05) is 7.05 Å². The van der Waals surface area contributed by atoms with Crippen LogP contribution in [-0.2, 0) is 25.6 Å². The lowest BCUT2D eigenvalue weighted by Gasteiger charge is -2.35. The molecule has 2 amide bonds. The van der Waals surface area contributed by atoms with Crippen LogP contribution in [0.4, 0.5) is 13.2 Å². The molecule has 3 aromatic rings. The second kappa shape index (κ2) is 10.8. The summed E-state index contributed by atoms with van der Waals surface area (Å²) < 4.78 is 41.7. The van der Waals surface area contributed by atoms with Crippen LogP contribution in [-0.4, -0.2) is 39.4 Å². The Bertz CT molecular complexity index is 1480. The number of aromatic nitrogens is 2. The summed E-state index contributed by atoms with van der Waals surface area (Å²) in [5, 5.41) is 2.07. The number of carbonyl (C=O) groups is 2. The molecule has 0 fully saturated rings. The van der Waals surface area contributed by atoms with Gasteiger partial charge in [-0.25, -0.2) is 4.98 Å². The molecule has 2 aromatic carbocycles. The minimum Gasteiger partial charge on any atom is -0.355 e. The summed E-state index contributed by atoms with van der Waals surface area (Å²) in [6.45, 7) is 5.70. The van der Waals surface area contributed by atoms with Gasteiger partial charge in [-0.3, -0.25) is 19.0 Å². The van der Waals surface area contributed by atoms with Gasteiger partial charge in [-0.15, -0.1) is 0 Å². The lowest BCUT2D eigenvalue weighted by molar-refractivity contribution is -0.137. The Hall–Kier alpha value is -3.66. The fraction of sp³-hybridized carbons (Fsp3) is 0.357. The van der Waals surface area contributed by atoms with Crippen LogP contribution in [0.2, 0.25) is 5.02 Å². The van der Waals surface area contributed by atoms with Gasteiger partial charge in [0, 0.05) is 36.2 Å². The minimum absolute atomic E-state index is 0.0178. The van der Waals surface area contributed by atoms with Crippen LogP contribution in [0.25, 0.3) is 5.69 Å². The first-order valence-corrected chi connectivity index (χ1v) is 12.8. The van der Waals surface area contributed by atoms with Gasteiger partial charge in [0.15, 0.2) is 0 Å². The Morgan fingerprint density at radius 1 is 1.13 bits per heavy atom.